The zero-order chi connectivity index (χ0) is 24.7. The molecular weight excluding hydrogens is 450 g/mol. The van der Waals surface area contributed by atoms with Gasteiger partial charge in [0.15, 0.2) is 11.5 Å². The number of unbranched alkanes of at least 4 members (excludes halogenated alkanes) is 1. The molecule has 6 heteroatoms. The minimum absolute atomic E-state index is 0.285. The van der Waals surface area contributed by atoms with Gasteiger partial charge >= 0.3 is 0 Å². The molecule has 3 aromatic carbocycles. The molecule has 0 bridgehead atoms. The van der Waals surface area contributed by atoms with Gasteiger partial charge in [-0.25, -0.2) is 4.98 Å². The molecule has 0 unspecified atom stereocenters. The SMILES string of the molecule is CCCCn1c(CN(Cc2ccc(OC)cc2)Cc2ccc3c(c2)OCO3)cnc1-c1ccccc1. The maximum Gasteiger partial charge on any atom is 0.231 e. The highest BCUT2D eigenvalue weighted by Gasteiger charge is 2.18. The summed E-state index contributed by atoms with van der Waals surface area (Å²) in [6, 6.07) is 25.0. The number of hydrogen-bond donors (Lipinski definition) is 0. The van der Waals surface area contributed by atoms with Crippen LogP contribution in [0, 0.1) is 0 Å². The molecule has 0 aliphatic carbocycles. The Kier molecular flexibility index (Phi) is 7.52. The van der Waals surface area contributed by atoms with Gasteiger partial charge in [0.05, 0.1) is 19.0 Å². The lowest BCUT2D eigenvalue weighted by Crippen LogP contribution is -2.24. The third kappa shape index (κ3) is 5.55. The molecule has 0 spiro atoms. The zero-order valence-corrected chi connectivity index (χ0v) is 21.0. The first kappa shape index (κ1) is 23.9. The Morgan fingerprint density at radius 2 is 1.64 bits per heavy atom. The molecular formula is C30H33N3O3. The summed E-state index contributed by atoms with van der Waals surface area (Å²) in [5.41, 5.74) is 4.80. The van der Waals surface area contributed by atoms with Crippen molar-refractivity contribution in [1.82, 2.24) is 14.5 Å². The Bertz CT molecular complexity index is 1270. The van der Waals surface area contributed by atoms with E-state index in [-0.39, 0.29) is 6.79 Å². The number of nitrogens with zero attached hydrogens (tertiary/aromatic N) is 3. The van der Waals surface area contributed by atoms with Crippen molar-refractivity contribution in [2.75, 3.05) is 13.9 Å². The van der Waals surface area contributed by atoms with Gasteiger partial charge in [-0.15, -0.1) is 0 Å². The van der Waals surface area contributed by atoms with E-state index < -0.39 is 0 Å². The molecule has 0 atom stereocenters. The van der Waals surface area contributed by atoms with Gasteiger partial charge in [-0.05, 0) is 41.8 Å². The Labute approximate surface area is 213 Å². The van der Waals surface area contributed by atoms with E-state index in [0.717, 1.165) is 67.7 Å². The highest BCUT2D eigenvalue weighted by Crippen LogP contribution is 2.33. The van der Waals surface area contributed by atoms with Crippen LogP contribution in [0.1, 0.15) is 36.6 Å². The van der Waals surface area contributed by atoms with Gasteiger partial charge < -0.3 is 18.8 Å². The Balaban J connectivity index is 1.44. The van der Waals surface area contributed by atoms with Crippen LogP contribution in [-0.4, -0.2) is 28.4 Å². The second-order valence-electron chi connectivity index (χ2n) is 9.13. The minimum atomic E-state index is 0.285. The number of aromatic nitrogens is 2. The lowest BCUT2D eigenvalue weighted by Gasteiger charge is -2.24. The van der Waals surface area contributed by atoms with Crippen LogP contribution >= 0.6 is 0 Å². The van der Waals surface area contributed by atoms with Crippen molar-refractivity contribution in [2.45, 2.75) is 45.9 Å². The quantitative estimate of drug-likeness (QED) is 0.251. The summed E-state index contributed by atoms with van der Waals surface area (Å²) in [5.74, 6) is 3.53. The monoisotopic (exact) mass is 483 g/mol. The molecule has 0 fully saturated rings. The van der Waals surface area contributed by atoms with Crippen LogP contribution in [0.15, 0.2) is 79.0 Å². The molecule has 0 radical (unpaired) electrons. The standard InChI is InChI=1S/C30H33N3O3/c1-3-4-16-33-26(18-31-30(33)25-8-6-5-7-9-25)21-32(19-23-10-13-27(34-2)14-11-23)20-24-12-15-28-29(17-24)36-22-35-28/h5-15,17-18H,3-4,16,19-22H2,1-2H3. The van der Waals surface area contributed by atoms with E-state index in [1.54, 1.807) is 7.11 Å². The number of rotatable bonds is 11. The fraction of sp³-hybridized carbons (Fsp3) is 0.300. The molecule has 1 aliphatic rings. The molecule has 4 aromatic rings. The van der Waals surface area contributed by atoms with E-state index in [0.29, 0.717) is 0 Å². The maximum absolute atomic E-state index is 5.63. The van der Waals surface area contributed by atoms with Crippen molar-refractivity contribution in [3.05, 3.63) is 95.8 Å². The highest BCUT2D eigenvalue weighted by atomic mass is 16.7. The summed E-state index contributed by atoms with van der Waals surface area (Å²) in [5, 5.41) is 0. The van der Waals surface area contributed by atoms with Gasteiger partial charge in [-0.3, -0.25) is 4.90 Å². The van der Waals surface area contributed by atoms with Crippen LogP contribution in [0.4, 0.5) is 0 Å². The minimum Gasteiger partial charge on any atom is -0.497 e. The first-order valence-corrected chi connectivity index (χ1v) is 12.6. The summed E-state index contributed by atoms with van der Waals surface area (Å²) < 4.78 is 18.9. The molecule has 6 nitrogen and oxygen atoms in total. The topological polar surface area (TPSA) is 48.8 Å². The molecule has 2 heterocycles. The molecule has 186 valence electrons. The number of fused-ring (bicyclic) bond motifs is 1. The second-order valence-corrected chi connectivity index (χ2v) is 9.13. The van der Waals surface area contributed by atoms with Gasteiger partial charge in [0.25, 0.3) is 0 Å². The fourth-order valence-corrected chi connectivity index (χ4v) is 4.60. The summed E-state index contributed by atoms with van der Waals surface area (Å²) in [6.45, 7) is 5.84. The van der Waals surface area contributed by atoms with Crippen LogP contribution in [0.25, 0.3) is 11.4 Å². The average molecular weight is 484 g/mol. The largest absolute Gasteiger partial charge is 0.497 e. The predicted octanol–water partition coefficient (Wildman–Crippen LogP) is 6.29. The number of hydrogen-bond acceptors (Lipinski definition) is 5. The molecule has 36 heavy (non-hydrogen) atoms. The Hall–Kier alpha value is -3.77. The van der Waals surface area contributed by atoms with Crippen molar-refractivity contribution in [2.24, 2.45) is 0 Å². The van der Waals surface area contributed by atoms with Crippen molar-refractivity contribution in [3.63, 3.8) is 0 Å². The smallest absolute Gasteiger partial charge is 0.231 e. The molecule has 1 aromatic heterocycles. The molecule has 1 aliphatic heterocycles. The first-order chi connectivity index (χ1) is 17.7. The van der Waals surface area contributed by atoms with Crippen molar-refractivity contribution in [1.29, 1.82) is 0 Å². The molecule has 0 amide bonds. The van der Waals surface area contributed by atoms with Gasteiger partial charge in [0, 0.05) is 31.7 Å². The van der Waals surface area contributed by atoms with Crippen LogP contribution in [-0.2, 0) is 26.2 Å². The van der Waals surface area contributed by atoms with Crippen LogP contribution in [0.3, 0.4) is 0 Å². The van der Waals surface area contributed by atoms with Crippen molar-refractivity contribution in [3.8, 4) is 28.6 Å². The number of methoxy groups -OCH3 is 1. The Morgan fingerprint density at radius 3 is 2.42 bits per heavy atom. The molecule has 0 saturated carbocycles. The van der Waals surface area contributed by atoms with Crippen LogP contribution in [0.2, 0.25) is 0 Å². The van der Waals surface area contributed by atoms with Crippen molar-refractivity contribution >= 4 is 0 Å². The summed E-state index contributed by atoms with van der Waals surface area (Å²) in [6.07, 6.45) is 4.29. The third-order valence-electron chi connectivity index (χ3n) is 6.50. The van der Waals surface area contributed by atoms with E-state index >= 15 is 0 Å². The van der Waals surface area contributed by atoms with Gasteiger partial charge in [-0.1, -0.05) is 61.9 Å². The molecule has 5 rings (SSSR count). The summed E-state index contributed by atoms with van der Waals surface area (Å²) in [7, 11) is 1.70. The van der Waals surface area contributed by atoms with E-state index in [1.807, 2.05) is 30.5 Å². The van der Waals surface area contributed by atoms with Gasteiger partial charge in [-0.2, -0.15) is 0 Å². The predicted molar refractivity (Wildman–Crippen MR) is 141 cm³/mol. The summed E-state index contributed by atoms with van der Waals surface area (Å²) in [4.78, 5) is 7.31. The summed E-state index contributed by atoms with van der Waals surface area (Å²) >= 11 is 0. The highest BCUT2D eigenvalue weighted by molar-refractivity contribution is 5.56. The van der Waals surface area contributed by atoms with Crippen LogP contribution in [0.5, 0.6) is 17.2 Å². The fourth-order valence-electron chi connectivity index (χ4n) is 4.60. The maximum atomic E-state index is 5.63. The van der Waals surface area contributed by atoms with E-state index in [4.69, 9.17) is 19.2 Å². The molecule has 0 saturated heterocycles. The average Bonchev–Trinajstić information content (AvgIpc) is 3.55. The lowest BCUT2D eigenvalue weighted by atomic mass is 10.1. The zero-order valence-electron chi connectivity index (χ0n) is 21.0. The number of imidazole rings is 1. The third-order valence-corrected chi connectivity index (χ3v) is 6.50. The first-order valence-electron chi connectivity index (χ1n) is 12.6. The van der Waals surface area contributed by atoms with E-state index in [1.165, 1.54) is 16.8 Å². The second kappa shape index (κ2) is 11.3. The normalized spacial score (nSPS) is 12.3. The van der Waals surface area contributed by atoms with Crippen LogP contribution < -0.4 is 14.2 Å². The van der Waals surface area contributed by atoms with Gasteiger partial charge in [0.2, 0.25) is 6.79 Å². The number of benzene rings is 3. The Morgan fingerprint density at radius 1 is 0.889 bits per heavy atom. The van der Waals surface area contributed by atoms with E-state index in [2.05, 4.69) is 64.9 Å². The van der Waals surface area contributed by atoms with Gasteiger partial charge in [0.1, 0.15) is 11.6 Å². The van der Waals surface area contributed by atoms with Crippen molar-refractivity contribution < 1.29 is 14.2 Å². The van der Waals surface area contributed by atoms with E-state index in [9.17, 15) is 0 Å². The lowest BCUT2D eigenvalue weighted by molar-refractivity contribution is 0.174. The number of ether oxygens (including phenoxy) is 3. The molecule has 0 N–H and O–H groups in total.